The van der Waals surface area contributed by atoms with E-state index in [1.807, 2.05) is 24.1 Å². The number of hydrogen-bond donors (Lipinski definition) is 0. The minimum absolute atomic E-state index is 0.0520. The summed E-state index contributed by atoms with van der Waals surface area (Å²) in [4.78, 5) is 32.8. The fraction of sp³-hybridized carbons (Fsp3) is 0.524. The van der Waals surface area contributed by atoms with Crippen molar-refractivity contribution >= 4 is 11.9 Å². The standard InChI is InChI=1S/C21H28N6O/c1-16-19(14-23-21(24-16)26-10-8-25(2)9-11-26)20(28)27-7-5-18(15-27)12-17-4-3-6-22-13-17/h3-4,6,13-14,18H,5,7-12,15H2,1-2H3. The summed E-state index contributed by atoms with van der Waals surface area (Å²) in [6.07, 6.45) is 7.42. The molecule has 2 aliphatic heterocycles. The number of nitrogens with zero attached hydrogens (tertiary/aromatic N) is 6. The Morgan fingerprint density at radius 3 is 2.71 bits per heavy atom. The highest BCUT2D eigenvalue weighted by atomic mass is 16.2. The number of hydrogen-bond acceptors (Lipinski definition) is 6. The number of piperazine rings is 1. The minimum Gasteiger partial charge on any atom is -0.338 e. The maximum absolute atomic E-state index is 13.0. The van der Waals surface area contributed by atoms with Crippen molar-refractivity contribution in [3.05, 3.63) is 47.5 Å². The SMILES string of the molecule is Cc1nc(N2CCN(C)CC2)ncc1C(=O)N1CCC(Cc2cccnc2)C1. The number of likely N-dealkylation sites (N-methyl/N-ethyl adjacent to an activating group) is 1. The first-order valence-corrected chi connectivity index (χ1v) is 10.1. The van der Waals surface area contributed by atoms with E-state index in [-0.39, 0.29) is 5.91 Å². The highest BCUT2D eigenvalue weighted by Crippen LogP contribution is 2.23. The second-order valence-corrected chi connectivity index (χ2v) is 7.93. The average molecular weight is 380 g/mol. The predicted octanol–water partition coefficient (Wildman–Crippen LogP) is 1.64. The van der Waals surface area contributed by atoms with Crippen LogP contribution in [0.5, 0.6) is 0 Å². The van der Waals surface area contributed by atoms with Gasteiger partial charge in [0.25, 0.3) is 5.91 Å². The van der Waals surface area contributed by atoms with Crippen LogP contribution in [0.1, 0.15) is 28.0 Å². The number of carbonyl (C=O) groups is 1. The third-order valence-corrected chi connectivity index (χ3v) is 5.80. The molecule has 2 saturated heterocycles. The Labute approximate surface area is 166 Å². The van der Waals surface area contributed by atoms with Gasteiger partial charge in [0.15, 0.2) is 0 Å². The molecule has 148 valence electrons. The van der Waals surface area contributed by atoms with E-state index in [0.29, 0.717) is 11.5 Å². The van der Waals surface area contributed by atoms with Crippen LogP contribution in [0.25, 0.3) is 0 Å². The summed E-state index contributed by atoms with van der Waals surface area (Å²) in [6, 6.07) is 4.07. The first kappa shape index (κ1) is 18.8. The third-order valence-electron chi connectivity index (χ3n) is 5.80. The van der Waals surface area contributed by atoms with Crippen molar-refractivity contribution in [2.24, 2.45) is 5.92 Å². The average Bonchev–Trinajstić information content (AvgIpc) is 3.17. The van der Waals surface area contributed by atoms with E-state index < -0.39 is 0 Å². The van der Waals surface area contributed by atoms with E-state index in [1.165, 1.54) is 5.56 Å². The molecule has 1 amide bonds. The van der Waals surface area contributed by atoms with Crippen molar-refractivity contribution in [2.45, 2.75) is 19.8 Å². The number of likely N-dealkylation sites (tertiary alicyclic amines) is 1. The molecule has 0 bridgehead atoms. The highest BCUT2D eigenvalue weighted by Gasteiger charge is 2.28. The fourth-order valence-electron chi connectivity index (χ4n) is 4.03. The summed E-state index contributed by atoms with van der Waals surface area (Å²) in [5, 5.41) is 0. The molecule has 7 heteroatoms. The smallest absolute Gasteiger partial charge is 0.257 e. The first-order valence-electron chi connectivity index (χ1n) is 10.1. The second kappa shape index (κ2) is 8.22. The van der Waals surface area contributed by atoms with Gasteiger partial charge in [-0.2, -0.15) is 0 Å². The van der Waals surface area contributed by atoms with E-state index in [1.54, 1.807) is 12.4 Å². The van der Waals surface area contributed by atoms with Gasteiger partial charge in [0.1, 0.15) is 0 Å². The van der Waals surface area contributed by atoms with Crippen LogP contribution in [-0.4, -0.2) is 77.0 Å². The summed E-state index contributed by atoms with van der Waals surface area (Å²) in [5.41, 5.74) is 2.63. The summed E-state index contributed by atoms with van der Waals surface area (Å²) >= 11 is 0. The van der Waals surface area contributed by atoms with Crippen molar-refractivity contribution in [3.63, 3.8) is 0 Å². The van der Waals surface area contributed by atoms with E-state index >= 15 is 0 Å². The molecule has 0 aliphatic carbocycles. The molecule has 2 aromatic rings. The molecular formula is C21H28N6O. The zero-order valence-corrected chi connectivity index (χ0v) is 16.7. The minimum atomic E-state index is 0.0520. The van der Waals surface area contributed by atoms with Crippen LogP contribution >= 0.6 is 0 Å². The van der Waals surface area contributed by atoms with E-state index in [0.717, 1.165) is 63.8 Å². The fourth-order valence-corrected chi connectivity index (χ4v) is 4.03. The lowest BCUT2D eigenvalue weighted by Gasteiger charge is -2.32. The maximum atomic E-state index is 13.0. The van der Waals surface area contributed by atoms with Gasteiger partial charge in [0, 0.05) is 57.9 Å². The van der Waals surface area contributed by atoms with Gasteiger partial charge in [-0.3, -0.25) is 9.78 Å². The molecule has 28 heavy (non-hydrogen) atoms. The largest absolute Gasteiger partial charge is 0.338 e. The van der Waals surface area contributed by atoms with E-state index in [9.17, 15) is 4.79 Å². The van der Waals surface area contributed by atoms with Crippen LogP contribution in [0, 0.1) is 12.8 Å². The Hall–Kier alpha value is -2.54. The van der Waals surface area contributed by atoms with Crippen LogP contribution in [0.3, 0.4) is 0 Å². The summed E-state index contributed by atoms with van der Waals surface area (Å²) < 4.78 is 0. The molecule has 0 radical (unpaired) electrons. The summed E-state index contributed by atoms with van der Waals surface area (Å²) in [7, 11) is 2.13. The zero-order valence-electron chi connectivity index (χ0n) is 16.7. The van der Waals surface area contributed by atoms with Gasteiger partial charge in [0.2, 0.25) is 5.95 Å². The van der Waals surface area contributed by atoms with Gasteiger partial charge >= 0.3 is 0 Å². The van der Waals surface area contributed by atoms with Crippen molar-refractivity contribution in [2.75, 3.05) is 51.2 Å². The first-order chi connectivity index (χ1) is 13.6. The van der Waals surface area contributed by atoms with Gasteiger partial charge in [-0.1, -0.05) is 6.07 Å². The lowest BCUT2D eigenvalue weighted by molar-refractivity contribution is 0.0785. The second-order valence-electron chi connectivity index (χ2n) is 7.93. The molecule has 2 aromatic heterocycles. The molecule has 7 nitrogen and oxygen atoms in total. The molecule has 1 atom stereocenters. The Kier molecular flexibility index (Phi) is 5.52. The van der Waals surface area contributed by atoms with E-state index in [4.69, 9.17) is 0 Å². The topological polar surface area (TPSA) is 65.5 Å². The van der Waals surface area contributed by atoms with Crippen LogP contribution in [-0.2, 0) is 6.42 Å². The number of rotatable bonds is 4. The van der Waals surface area contributed by atoms with Crippen molar-refractivity contribution in [3.8, 4) is 0 Å². The number of anilines is 1. The van der Waals surface area contributed by atoms with Crippen molar-refractivity contribution in [1.82, 2.24) is 24.8 Å². The van der Waals surface area contributed by atoms with Gasteiger partial charge in [-0.25, -0.2) is 9.97 Å². The summed E-state index contributed by atoms with van der Waals surface area (Å²) in [5.74, 6) is 1.27. The lowest BCUT2D eigenvalue weighted by atomic mass is 10.00. The predicted molar refractivity (Wildman–Crippen MR) is 108 cm³/mol. The molecule has 4 heterocycles. The molecule has 0 N–H and O–H groups in total. The number of pyridine rings is 1. The number of aryl methyl sites for hydroxylation is 1. The molecule has 2 fully saturated rings. The highest BCUT2D eigenvalue weighted by molar-refractivity contribution is 5.95. The Bertz CT molecular complexity index is 819. The Morgan fingerprint density at radius 2 is 2.00 bits per heavy atom. The monoisotopic (exact) mass is 380 g/mol. The molecule has 4 rings (SSSR count). The summed E-state index contributed by atoms with van der Waals surface area (Å²) in [6.45, 7) is 7.36. The molecule has 2 aliphatic rings. The number of aromatic nitrogens is 3. The quantitative estimate of drug-likeness (QED) is 0.803. The van der Waals surface area contributed by atoms with Crippen LogP contribution in [0.15, 0.2) is 30.7 Å². The Balaban J connectivity index is 1.39. The third kappa shape index (κ3) is 4.14. The maximum Gasteiger partial charge on any atom is 0.257 e. The van der Waals surface area contributed by atoms with Gasteiger partial charge < -0.3 is 14.7 Å². The molecule has 0 spiro atoms. The lowest BCUT2D eigenvalue weighted by Crippen LogP contribution is -2.45. The van der Waals surface area contributed by atoms with E-state index in [2.05, 4.69) is 37.9 Å². The number of amides is 1. The molecular weight excluding hydrogens is 352 g/mol. The Morgan fingerprint density at radius 1 is 1.18 bits per heavy atom. The number of carbonyl (C=O) groups excluding carboxylic acids is 1. The van der Waals surface area contributed by atoms with Crippen LogP contribution in [0.2, 0.25) is 0 Å². The normalized spacial score (nSPS) is 20.6. The van der Waals surface area contributed by atoms with Gasteiger partial charge in [0.05, 0.1) is 11.3 Å². The zero-order chi connectivity index (χ0) is 19.5. The van der Waals surface area contributed by atoms with Crippen LogP contribution < -0.4 is 4.90 Å². The van der Waals surface area contributed by atoms with Gasteiger partial charge in [-0.15, -0.1) is 0 Å². The molecule has 0 aromatic carbocycles. The van der Waals surface area contributed by atoms with Crippen molar-refractivity contribution in [1.29, 1.82) is 0 Å². The van der Waals surface area contributed by atoms with Gasteiger partial charge in [-0.05, 0) is 44.4 Å². The van der Waals surface area contributed by atoms with Crippen molar-refractivity contribution < 1.29 is 4.79 Å². The van der Waals surface area contributed by atoms with Crippen LogP contribution in [0.4, 0.5) is 5.95 Å². The molecule has 1 unspecified atom stereocenters. The molecule has 0 saturated carbocycles.